The van der Waals surface area contributed by atoms with Crippen molar-refractivity contribution in [1.29, 1.82) is 0 Å². The molecule has 0 aromatic carbocycles. The van der Waals surface area contributed by atoms with Crippen molar-refractivity contribution >= 4 is 11.9 Å². The maximum absolute atomic E-state index is 12.3. The summed E-state index contributed by atoms with van der Waals surface area (Å²) in [5.74, 6) is 0.736. The molecule has 1 N–H and O–H groups in total. The summed E-state index contributed by atoms with van der Waals surface area (Å²) < 4.78 is 0. The maximum Gasteiger partial charge on any atom is 0.254 e. The highest BCUT2D eigenvalue weighted by atomic mass is 16.1. The van der Waals surface area contributed by atoms with Gasteiger partial charge in [-0.25, -0.2) is 9.97 Å². The number of nitrogens with zero attached hydrogens (tertiary/aromatic N) is 3. The van der Waals surface area contributed by atoms with Crippen molar-refractivity contribution in [3.8, 4) is 0 Å². The molecule has 0 radical (unpaired) electrons. The highest BCUT2D eigenvalue weighted by Crippen LogP contribution is 2.23. The zero-order chi connectivity index (χ0) is 16.1. The Morgan fingerprint density at radius 1 is 1.13 bits per heavy atom. The average Bonchev–Trinajstić information content (AvgIpc) is 2.62. The summed E-state index contributed by atoms with van der Waals surface area (Å²) in [5, 5.41) is 3.12. The third-order valence-electron chi connectivity index (χ3n) is 5.20. The summed E-state index contributed by atoms with van der Waals surface area (Å²) in [7, 11) is 0. The lowest BCUT2D eigenvalue weighted by molar-refractivity contribution is 0.0927. The molecule has 2 fully saturated rings. The molecule has 0 spiro atoms. The number of nitrogens with one attached hydrogen (secondary N) is 1. The lowest BCUT2D eigenvalue weighted by Crippen LogP contribution is -2.40. The van der Waals surface area contributed by atoms with Crippen molar-refractivity contribution in [2.24, 2.45) is 0 Å². The van der Waals surface area contributed by atoms with E-state index in [1.807, 2.05) is 0 Å². The van der Waals surface area contributed by atoms with E-state index < -0.39 is 0 Å². The SMILES string of the molecule is CCC1CCCCN1c1ncc(C(=O)NC2CCCCC2)cn1. The van der Waals surface area contributed by atoms with Crippen molar-refractivity contribution < 1.29 is 4.79 Å². The molecule has 0 bridgehead atoms. The summed E-state index contributed by atoms with van der Waals surface area (Å²) in [4.78, 5) is 23.6. The number of hydrogen-bond donors (Lipinski definition) is 1. The van der Waals surface area contributed by atoms with Crippen molar-refractivity contribution in [2.75, 3.05) is 11.4 Å². The molecule has 23 heavy (non-hydrogen) atoms. The number of carbonyl (C=O) groups excluding carboxylic acids is 1. The van der Waals surface area contributed by atoms with Crippen molar-refractivity contribution in [2.45, 2.75) is 76.8 Å². The molecule has 3 rings (SSSR count). The van der Waals surface area contributed by atoms with Crippen LogP contribution >= 0.6 is 0 Å². The van der Waals surface area contributed by atoms with Crippen LogP contribution in [0.1, 0.15) is 75.1 Å². The molecular weight excluding hydrogens is 288 g/mol. The molecular formula is C18H28N4O. The Kier molecular flexibility index (Phi) is 5.47. The second-order valence-electron chi connectivity index (χ2n) is 6.83. The Balaban J connectivity index is 1.62. The summed E-state index contributed by atoms with van der Waals surface area (Å²) in [6.07, 6.45) is 14.1. The highest BCUT2D eigenvalue weighted by Gasteiger charge is 2.23. The molecule has 1 unspecified atom stereocenters. The smallest absolute Gasteiger partial charge is 0.254 e. The molecule has 1 saturated heterocycles. The fraction of sp³-hybridized carbons (Fsp3) is 0.722. The Morgan fingerprint density at radius 3 is 2.52 bits per heavy atom. The number of aromatic nitrogens is 2. The normalized spacial score (nSPS) is 22.8. The second kappa shape index (κ2) is 7.75. The molecule has 1 aromatic heterocycles. The molecule has 5 heteroatoms. The molecule has 126 valence electrons. The molecule has 2 aliphatic rings. The van der Waals surface area contributed by atoms with Gasteiger partial charge in [0.2, 0.25) is 5.95 Å². The van der Waals surface area contributed by atoms with E-state index >= 15 is 0 Å². The van der Waals surface area contributed by atoms with E-state index in [2.05, 4.69) is 27.1 Å². The first-order valence-corrected chi connectivity index (χ1v) is 9.17. The second-order valence-corrected chi connectivity index (χ2v) is 6.83. The van der Waals surface area contributed by atoms with Gasteiger partial charge in [-0.05, 0) is 38.5 Å². The number of anilines is 1. The van der Waals surface area contributed by atoms with Crippen molar-refractivity contribution in [3.05, 3.63) is 18.0 Å². The minimum atomic E-state index is -0.0332. The molecule has 1 aliphatic carbocycles. The molecule has 1 amide bonds. The van der Waals surface area contributed by atoms with Gasteiger partial charge in [0, 0.05) is 31.0 Å². The first-order chi connectivity index (χ1) is 11.3. The average molecular weight is 316 g/mol. The predicted octanol–water partition coefficient (Wildman–Crippen LogP) is 3.31. The summed E-state index contributed by atoms with van der Waals surface area (Å²) in [6.45, 7) is 3.24. The fourth-order valence-electron chi connectivity index (χ4n) is 3.79. The van der Waals surface area contributed by atoms with Crippen LogP contribution in [0.4, 0.5) is 5.95 Å². The number of rotatable bonds is 4. The first kappa shape index (κ1) is 16.2. The lowest BCUT2D eigenvalue weighted by Gasteiger charge is -2.35. The lowest BCUT2D eigenvalue weighted by atomic mass is 9.95. The standard InChI is InChI=1S/C18H28N4O/c1-2-16-10-6-7-11-22(16)18-19-12-14(13-20-18)17(23)21-15-8-4-3-5-9-15/h12-13,15-16H,2-11H2,1H3,(H,21,23). The quantitative estimate of drug-likeness (QED) is 0.926. The highest BCUT2D eigenvalue weighted by molar-refractivity contribution is 5.93. The largest absolute Gasteiger partial charge is 0.349 e. The van der Waals surface area contributed by atoms with Gasteiger partial charge in [-0.1, -0.05) is 26.2 Å². The van der Waals surface area contributed by atoms with Crippen LogP contribution in [0.3, 0.4) is 0 Å². The van der Waals surface area contributed by atoms with Gasteiger partial charge in [0.05, 0.1) is 5.56 Å². The van der Waals surface area contributed by atoms with Crippen LogP contribution in [0.2, 0.25) is 0 Å². The topological polar surface area (TPSA) is 58.1 Å². The minimum Gasteiger partial charge on any atom is -0.349 e. The van der Waals surface area contributed by atoms with Gasteiger partial charge in [-0.15, -0.1) is 0 Å². The molecule has 1 aliphatic heterocycles. The third kappa shape index (κ3) is 4.01. The molecule has 5 nitrogen and oxygen atoms in total. The van der Waals surface area contributed by atoms with E-state index in [0.29, 0.717) is 17.6 Å². The third-order valence-corrected chi connectivity index (χ3v) is 5.20. The van der Waals surface area contributed by atoms with Gasteiger partial charge in [0.1, 0.15) is 0 Å². The van der Waals surface area contributed by atoms with Gasteiger partial charge in [0.25, 0.3) is 5.91 Å². The Labute approximate surface area is 138 Å². The van der Waals surface area contributed by atoms with E-state index in [4.69, 9.17) is 0 Å². The van der Waals surface area contributed by atoms with Crippen LogP contribution in [0, 0.1) is 0 Å². The molecule has 2 heterocycles. The Morgan fingerprint density at radius 2 is 1.83 bits per heavy atom. The van der Waals surface area contributed by atoms with E-state index in [0.717, 1.165) is 31.8 Å². The maximum atomic E-state index is 12.3. The van der Waals surface area contributed by atoms with Gasteiger partial charge < -0.3 is 10.2 Å². The van der Waals surface area contributed by atoms with Crippen LogP contribution in [-0.4, -0.2) is 34.5 Å². The first-order valence-electron chi connectivity index (χ1n) is 9.17. The van der Waals surface area contributed by atoms with Gasteiger partial charge in [0.15, 0.2) is 0 Å². The monoisotopic (exact) mass is 316 g/mol. The van der Waals surface area contributed by atoms with E-state index in [-0.39, 0.29) is 5.91 Å². The summed E-state index contributed by atoms with van der Waals surface area (Å²) >= 11 is 0. The number of carbonyl (C=O) groups is 1. The summed E-state index contributed by atoms with van der Waals surface area (Å²) in [6, 6.07) is 0.855. The number of hydrogen-bond acceptors (Lipinski definition) is 4. The van der Waals surface area contributed by atoms with Gasteiger partial charge in [-0.2, -0.15) is 0 Å². The van der Waals surface area contributed by atoms with E-state index in [1.165, 1.54) is 38.5 Å². The van der Waals surface area contributed by atoms with Crippen molar-refractivity contribution in [1.82, 2.24) is 15.3 Å². The number of amides is 1. The van der Waals surface area contributed by atoms with Crippen LogP contribution in [-0.2, 0) is 0 Å². The van der Waals surface area contributed by atoms with Gasteiger partial charge >= 0.3 is 0 Å². The van der Waals surface area contributed by atoms with E-state index in [9.17, 15) is 4.79 Å². The van der Waals surface area contributed by atoms with Crippen LogP contribution in [0.5, 0.6) is 0 Å². The Hall–Kier alpha value is -1.65. The molecule has 1 aromatic rings. The Bertz CT molecular complexity index is 510. The minimum absolute atomic E-state index is 0.0332. The van der Waals surface area contributed by atoms with Gasteiger partial charge in [-0.3, -0.25) is 4.79 Å². The van der Waals surface area contributed by atoms with E-state index in [1.54, 1.807) is 12.4 Å². The number of piperidine rings is 1. The van der Waals surface area contributed by atoms with Crippen LogP contribution in [0.15, 0.2) is 12.4 Å². The van der Waals surface area contributed by atoms with Crippen LogP contribution < -0.4 is 10.2 Å². The van der Waals surface area contributed by atoms with Crippen molar-refractivity contribution in [3.63, 3.8) is 0 Å². The zero-order valence-corrected chi connectivity index (χ0v) is 14.1. The molecule has 1 atom stereocenters. The van der Waals surface area contributed by atoms with Crippen LogP contribution in [0.25, 0.3) is 0 Å². The summed E-state index contributed by atoms with van der Waals surface area (Å²) in [5.41, 5.74) is 0.574. The molecule has 1 saturated carbocycles. The predicted molar refractivity (Wildman–Crippen MR) is 91.6 cm³/mol. The zero-order valence-electron chi connectivity index (χ0n) is 14.1. The fourth-order valence-corrected chi connectivity index (χ4v) is 3.79.